The maximum absolute atomic E-state index is 9.80. The minimum absolute atomic E-state index is 0.0461. The summed E-state index contributed by atoms with van der Waals surface area (Å²) < 4.78 is 0. The zero-order valence-electron chi connectivity index (χ0n) is 10.5. The molecule has 0 spiro atoms. The van der Waals surface area contributed by atoms with Crippen molar-refractivity contribution in [2.45, 2.75) is 18.8 Å². The van der Waals surface area contributed by atoms with Gasteiger partial charge in [0.25, 0.3) is 0 Å². The van der Waals surface area contributed by atoms with Gasteiger partial charge in [-0.05, 0) is 18.9 Å². The summed E-state index contributed by atoms with van der Waals surface area (Å²) in [5.74, 6) is 0. The molecule has 1 aromatic carbocycles. The molecule has 0 fully saturated rings. The van der Waals surface area contributed by atoms with E-state index in [2.05, 4.69) is 36.2 Å². The molecule has 0 aliphatic carbocycles. The average Bonchev–Trinajstić information content (AvgIpc) is 2.90. The quantitative estimate of drug-likeness (QED) is 0.865. The Bertz CT molecular complexity index is 475. The highest BCUT2D eigenvalue weighted by Crippen LogP contribution is 2.29. The number of aliphatic hydroxyl groups is 1. The summed E-state index contributed by atoms with van der Waals surface area (Å²) in [6, 6.07) is 8.23. The summed E-state index contributed by atoms with van der Waals surface area (Å²) in [6.07, 6.45) is 2.58. The number of rotatable bonds is 5. The van der Waals surface area contributed by atoms with Crippen molar-refractivity contribution in [2.75, 3.05) is 13.2 Å². The van der Waals surface area contributed by atoms with Gasteiger partial charge in [0, 0.05) is 23.0 Å². The average molecular weight is 262 g/mol. The number of thiazole rings is 1. The van der Waals surface area contributed by atoms with Crippen molar-refractivity contribution < 1.29 is 5.11 Å². The largest absolute Gasteiger partial charge is 0.395 e. The molecule has 3 N–H and O–H groups in total. The van der Waals surface area contributed by atoms with Crippen molar-refractivity contribution in [1.82, 2.24) is 4.98 Å². The summed E-state index contributed by atoms with van der Waals surface area (Å²) >= 11 is 1.60. The van der Waals surface area contributed by atoms with E-state index in [1.165, 1.54) is 5.56 Å². The molecular formula is C14H18N2OS. The number of hydrogen-bond acceptors (Lipinski definition) is 4. The zero-order chi connectivity index (χ0) is 13.0. The summed E-state index contributed by atoms with van der Waals surface area (Å²) in [7, 11) is 0. The Morgan fingerprint density at radius 1 is 1.33 bits per heavy atom. The number of aliphatic hydroxyl groups excluding tert-OH is 1. The number of nitrogens with two attached hydrogens (primary N) is 1. The molecule has 3 nitrogen and oxygen atoms in total. The molecule has 96 valence electrons. The molecule has 1 heterocycles. The van der Waals surface area contributed by atoms with Gasteiger partial charge in [0.1, 0.15) is 0 Å². The maximum Gasteiger partial charge on any atom is 0.0794 e. The predicted octanol–water partition coefficient (Wildman–Crippen LogP) is 1.88. The van der Waals surface area contributed by atoms with Crippen LogP contribution in [0.25, 0.3) is 0 Å². The van der Waals surface area contributed by atoms with Crippen LogP contribution in [0.2, 0.25) is 0 Å². The molecule has 4 heteroatoms. The summed E-state index contributed by atoms with van der Waals surface area (Å²) in [6.45, 7) is 2.52. The van der Waals surface area contributed by atoms with Crippen LogP contribution in [0.1, 0.15) is 16.0 Å². The van der Waals surface area contributed by atoms with E-state index < -0.39 is 5.41 Å². The van der Waals surface area contributed by atoms with Crippen LogP contribution in [0.15, 0.2) is 36.0 Å². The van der Waals surface area contributed by atoms with Gasteiger partial charge in [0.2, 0.25) is 0 Å². The summed E-state index contributed by atoms with van der Waals surface area (Å²) in [5, 5.41) is 9.80. The minimum atomic E-state index is -0.403. The highest BCUT2D eigenvalue weighted by molar-refractivity contribution is 7.09. The molecule has 0 aliphatic heterocycles. The third kappa shape index (κ3) is 2.61. The van der Waals surface area contributed by atoms with Gasteiger partial charge in [-0.15, -0.1) is 11.3 Å². The monoisotopic (exact) mass is 262 g/mol. The first-order valence-electron chi connectivity index (χ1n) is 5.95. The molecule has 0 saturated heterocycles. The van der Waals surface area contributed by atoms with Gasteiger partial charge in [-0.2, -0.15) is 0 Å². The van der Waals surface area contributed by atoms with Crippen LogP contribution in [0, 0.1) is 6.92 Å². The van der Waals surface area contributed by atoms with Crippen molar-refractivity contribution in [3.63, 3.8) is 0 Å². The second kappa shape index (κ2) is 5.61. The summed E-state index contributed by atoms with van der Waals surface area (Å²) in [5.41, 5.74) is 9.63. The predicted molar refractivity (Wildman–Crippen MR) is 74.8 cm³/mol. The standard InChI is InChI=1S/C14H18N2OS/c1-11-2-4-12(5-3-11)14(8-15,9-17)6-13-7-16-10-18-13/h2-5,7,10,17H,6,8-9,15H2,1H3. The fourth-order valence-corrected chi connectivity index (χ4v) is 2.81. The first-order chi connectivity index (χ1) is 8.70. The third-order valence-corrected chi connectivity index (χ3v) is 4.13. The second-order valence-corrected chi connectivity index (χ2v) is 5.62. The van der Waals surface area contributed by atoms with Gasteiger partial charge >= 0.3 is 0 Å². The molecule has 2 rings (SSSR count). The molecule has 18 heavy (non-hydrogen) atoms. The van der Waals surface area contributed by atoms with E-state index in [0.29, 0.717) is 6.54 Å². The van der Waals surface area contributed by atoms with Crippen molar-refractivity contribution in [3.05, 3.63) is 52.0 Å². The molecule has 1 atom stereocenters. The Labute approximate surface area is 111 Å². The molecule has 0 saturated carbocycles. The Morgan fingerprint density at radius 3 is 2.56 bits per heavy atom. The lowest BCUT2D eigenvalue weighted by atomic mass is 9.78. The van der Waals surface area contributed by atoms with Crippen LogP contribution in [0.4, 0.5) is 0 Å². The number of hydrogen-bond donors (Lipinski definition) is 2. The molecule has 2 aromatic rings. The Kier molecular flexibility index (Phi) is 4.11. The molecule has 0 aliphatic rings. The molecule has 0 amide bonds. The molecule has 0 radical (unpaired) electrons. The van der Waals surface area contributed by atoms with Crippen LogP contribution in [-0.2, 0) is 11.8 Å². The van der Waals surface area contributed by atoms with Gasteiger partial charge < -0.3 is 10.8 Å². The van der Waals surface area contributed by atoms with Crippen LogP contribution >= 0.6 is 11.3 Å². The van der Waals surface area contributed by atoms with Crippen LogP contribution in [0.3, 0.4) is 0 Å². The van der Waals surface area contributed by atoms with Crippen molar-refractivity contribution >= 4 is 11.3 Å². The second-order valence-electron chi connectivity index (χ2n) is 4.65. The summed E-state index contributed by atoms with van der Waals surface area (Å²) in [4.78, 5) is 5.23. The van der Waals surface area contributed by atoms with E-state index in [0.717, 1.165) is 16.9 Å². The fourth-order valence-electron chi connectivity index (χ4n) is 2.07. The Morgan fingerprint density at radius 2 is 2.06 bits per heavy atom. The Hall–Kier alpha value is -1.23. The highest BCUT2D eigenvalue weighted by atomic mass is 32.1. The van der Waals surface area contributed by atoms with Gasteiger partial charge in [-0.25, -0.2) is 0 Å². The van der Waals surface area contributed by atoms with Crippen LogP contribution in [-0.4, -0.2) is 23.2 Å². The normalized spacial score (nSPS) is 14.4. The zero-order valence-corrected chi connectivity index (χ0v) is 11.3. The SMILES string of the molecule is Cc1ccc(C(CN)(CO)Cc2cncs2)cc1. The molecule has 0 bridgehead atoms. The van der Waals surface area contributed by atoms with Gasteiger partial charge in [-0.3, -0.25) is 4.98 Å². The van der Waals surface area contributed by atoms with E-state index in [1.54, 1.807) is 11.3 Å². The number of aryl methyl sites for hydroxylation is 1. The van der Waals surface area contributed by atoms with E-state index in [9.17, 15) is 5.11 Å². The maximum atomic E-state index is 9.80. The highest BCUT2D eigenvalue weighted by Gasteiger charge is 2.31. The Balaban J connectivity index is 2.33. The number of benzene rings is 1. The molecule has 1 unspecified atom stereocenters. The van der Waals surface area contributed by atoms with Crippen molar-refractivity contribution in [2.24, 2.45) is 5.73 Å². The van der Waals surface area contributed by atoms with E-state index in [4.69, 9.17) is 5.73 Å². The number of nitrogens with zero attached hydrogens (tertiary/aromatic N) is 1. The first kappa shape index (κ1) is 13.2. The van der Waals surface area contributed by atoms with Gasteiger partial charge in [0.05, 0.1) is 12.1 Å². The number of aromatic nitrogens is 1. The lowest BCUT2D eigenvalue weighted by Gasteiger charge is -2.30. The van der Waals surface area contributed by atoms with E-state index in [-0.39, 0.29) is 6.61 Å². The molecule has 1 aromatic heterocycles. The van der Waals surface area contributed by atoms with E-state index >= 15 is 0 Å². The van der Waals surface area contributed by atoms with Gasteiger partial charge in [-0.1, -0.05) is 29.8 Å². The first-order valence-corrected chi connectivity index (χ1v) is 6.83. The lowest BCUT2D eigenvalue weighted by molar-refractivity contribution is 0.196. The van der Waals surface area contributed by atoms with Gasteiger partial charge in [0.15, 0.2) is 0 Å². The topological polar surface area (TPSA) is 59.1 Å². The van der Waals surface area contributed by atoms with Crippen molar-refractivity contribution in [1.29, 1.82) is 0 Å². The third-order valence-electron chi connectivity index (χ3n) is 3.35. The molecular weight excluding hydrogens is 244 g/mol. The smallest absolute Gasteiger partial charge is 0.0794 e. The van der Waals surface area contributed by atoms with E-state index in [1.807, 2.05) is 11.7 Å². The van der Waals surface area contributed by atoms with Crippen LogP contribution < -0.4 is 5.73 Å². The minimum Gasteiger partial charge on any atom is -0.395 e. The van der Waals surface area contributed by atoms with Crippen LogP contribution in [0.5, 0.6) is 0 Å². The lowest BCUT2D eigenvalue weighted by Crippen LogP contribution is -2.40. The fraction of sp³-hybridized carbons (Fsp3) is 0.357. The van der Waals surface area contributed by atoms with Crippen molar-refractivity contribution in [3.8, 4) is 0 Å².